The van der Waals surface area contributed by atoms with Gasteiger partial charge in [0.05, 0.1) is 17.5 Å². The van der Waals surface area contributed by atoms with Gasteiger partial charge in [-0.2, -0.15) is 0 Å². The Balaban J connectivity index is 2.13. The number of nitrogens with zero attached hydrogens (tertiary/aromatic N) is 2. The van der Waals surface area contributed by atoms with Gasteiger partial charge in [0.1, 0.15) is 4.83 Å². The van der Waals surface area contributed by atoms with Crippen LogP contribution in [0.1, 0.15) is 6.92 Å². The van der Waals surface area contributed by atoms with E-state index in [1.165, 1.54) is 22.2 Å². The SMILES string of the molecule is CCS(=O)(=O)NCCn1cnc2sccc2c1=O. The van der Waals surface area contributed by atoms with Crippen molar-refractivity contribution in [3.8, 4) is 0 Å². The first-order chi connectivity index (χ1) is 8.53. The Bertz CT molecular complexity index is 702. The summed E-state index contributed by atoms with van der Waals surface area (Å²) < 4.78 is 26.3. The Hall–Kier alpha value is -1.25. The Labute approximate surface area is 108 Å². The fourth-order valence-electron chi connectivity index (χ4n) is 1.48. The number of hydrogen-bond donors (Lipinski definition) is 1. The maximum Gasteiger partial charge on any atom is 0.262 e. The summed E-state index contributed by atoms with van der Waals surface area (Å²) in [6.45, 7) is 2.03. The molecule has 0 saturated heterocycles. The minimum absolute atomic E-state index is 0.0315. The van der Waals surface area contributed by atoms with Gasteiger partial charge in [-0.15, -0.1) is 11.3 Å². The Morgan fingerprint density at radius 3 is 3.00 bits per heavy atom. The number of aromatic nitrogens is 2. The topological polar surface area (TPSA) is 81.1 Å². The lowest BCUT2D eigenvalue weighted by atomic mass is 10.4. The number of sulfonamides is 1. The zero-order valence-electron chi connectivity index (χ0n) is 9.79. The van der Waals surface area contributed by atoms with Crippen molar-refractivity contribution in [2.75, 3.05) is 12.3 Å². The number of thiophene rings is 1. The summed E-state index contributed by atoms with van der Waals surface area (Å²) in [5, 5.41) is 2.38. The van der Waals surface area contributed by atoms with Crippen molar-refractivity contribution in [3.63, 3.8) is 0 Å². The highest BCUT2D eigenvalue weighted by atomic mass is 32.2. The standard InChI is InChI=1S/C10H13N3O3S2/c1-2-18(15,16)12-4-5-13-7-11-9-8(10(13)14)3-6-17-9/h3,6-7,12H,2,4-5H2,1H3. The molecule has 1 N–H and O–H groups in total. The van der Waals surface area contributed by atoms with Gasteiger partial charge in [0.25, 0.3) is 5.56 Å². The zero-order valence-corrected chi connectivity index (χ0v) is 11.4. The van der Waals surface area contributed by atoms with Crippen LogP contribution in [-0.2, 0) is 16.6 Å². The van der Waals surface area contributed by atoms with Gasteiger partial charge in [0, 0.05) is 13.1 Å². The predicted octanol–water partition coefficient (Wildman–Crippen LogP) is 0.397. The van der Waals surface area contributed by atoms with Gasteiger partial charge >= 0.3 is 0 Å². The average molecular weight is 287 g/mol. The number of rotatable bonds is 5. The second kappa shape index (κ2) is 5.17. The molecule has 2 aromatic heterocycles. The van der Waals surface area contributed by atoms with Gasteiger partial charge in [-0.25, -0.2) is 18.1 Å². The summed E-state index contributed by atoms with van der Waals surface area (Å²) in [6, 6.07) is 1.72. The molecule has 98 valence electrons. The van der Waals surface area contributed by atoms with E-state index in [4.69, 9.17) is 0 Å². The number of nitrogens with one attached hydrogen (secondary N) is 1. The van der Waals surface area contributed by atoms with Crippen LogP contribution in [0.5, 0.6) is 0 Å². The average Bonchev–Trinajstić information content (AvgIpc) is 2.81. The Morgan fingerprint density at radius 2 is 2.28 bits per heavy atom. The van der Waals surface area contributed by atoms with Gasteiger partial charge < -0.3 is 0 Å². The molecule has 0 aliphatic rings. The first-order valence-corrected chi connectivity index (χ1v) is 7.96. The molecule has 0 aliphatic carbocycles. The maximum absolute atomic E-state index is 12.0. The molecule has 0 atom stereocenters. The van der Waals surface area contributed by atoms with Crippen molar-refractivity contribution in [2.45, 2.75) is 13.5 Å². The van der Waals surface area contributed by atoms with Gasteiger partial charge in [-0.05, 0) is 18.4 Å². The molecule has 2 rings (SSSR count). The van der Waals surface area contributed by atoms with Crippen molar-refractivity contribution < 1.29 is 8.42 Å². The lowest BCUT2D eigenvalue weighted by molar-refractivity contribution is 0.571. The largest absolute Gasteiger partial charge is 0.297 e. The molecule has 2 aromatic rings. The molecule has 6 nitrogen and oxygen atoms in total. The molecule has 2 heterocycles. The van der Waals surface area contributed by atoms with E-state index in [1.807, 2.05) is 5.38 Å². The highest BCUT2D eigenvalue weighted by molar-refractivity contribution is 7.89. The summed E-state index contributed by atoms with van der Waals surface area (Å²) in [6.07, 6.45) is 1.45. The van der Waals surface area contributed by atoms with Crippen molar-refractivity contribution >= 4 is 31.6 Å². The third-order valence-corrected chi connectivity index (χ3v) is 4.73. The van der Waals surface area contributed by atoms with Crippen molar-refractivity contribution in [2.24, 2.45) is 0 Å². The van der Waals surface area contributed by atoms with Gasteiger partial charge in [0.15, 0.2) is 0 Å². The molecule has 0 aliphatic heterocycles. The van der Waals surface area contributed by atoms with E-state index in [-0.39, 0.29) is 24.4 Å². The lowest BCUT2D eigenvalue weighted by Crippen LogP contribution is -2.31. The Kier molecular flexibility index (Phi) is 3.79. The fraction of sp³-hybridized carbons (Fsp3) is 0.400. The molecule has 0 amide bonds. The van der Waals surface area contributed by atoms with E-state index in [9.17, 15) is 13.2 Å². The molecule has 0 spiro atoms. The molecule has 18 heavy (non-hydrogen) atoms. The van der Waals surface area contributed by atoms with Crippen LogP contribution < -0.4 is 10.3 Å². The van der Waals surface area contributed by atoms with Crippen LogP contribution in [0.4, 0.5) is 0 Å². The summed E-state index contributed by atoms with van der Waals surface area (Å²) in [5.41, 5.74) is -0.142. The molecule has 0 bridgehead atoms. The summed E-state index contributed by atoms with van der Waals surface area (Å²) >= 11 is 1.41. The van der Waals surface area contributed by atoms with Crippen LogP contribution >= 0.6 is 11.3 Å². The van der Waals surface area contributed by atoms with Crippen LogP contribution in [0.15, 0.2) is 22.6 Å². The number of fused-ring (bicyclic) bond motifs is 1. The van der Waals surface area contributed by atoms with E-state index in [0.29, 0.717) is 10.2 Å². The van der Waals surface area contributed by atoms with Crippen molar-refractivity contribution in [1.29, 1.82) is 0 Å². The first kappa shape index (κ1) is 13.2. The van der Waals surface area contributed by atoms with Crippen LogP contribution in [0, 0.1) is 0 Å². The molecule has 8 heteroatoms. The van der Waals surface area contributed by atoms with Crippen molar-refractivity contribution in [3.05, 3.63) is 28.1 Å². The van der Waals surface area contributed by atoms with Gasteiger partial charge in [-0.3, -0.25) is 9.36 Å². The lowest BCUT2D eigenvalue weighted by Gasteiger charge is -2.06. The molecular formula is C10H13N3O3S2. The van der Waals surface area contributed by atoms with Gasteiger partial charge in [0.2, 0.25) is 10.0 Å². The molecule has 0 saturated carbocycles. The highest BCUT2D eigenvalue weighted by Crippen LogP contribution is 2.12. The molecule has 0 unspecified atom stereocenters. The predicted molar refractivity (Wildman–Crippen MR) is 71.3 cm³/mol. The summed E-state index contributed by atoms with van der Waals surface area (Å²) in [5.74, 6) is 0.0315. The van der Waals surface area contributed by atoms with E-state index in [1.54, 1.807) is 13.0 Å². The van der Waals surface area contributed by atoms with Gasteiger partial charge in [-0.1, -0.05) is 0 Å². The monoisotopic (exact) mass is 287 g/mol. The minimum atomic E-state index is -3.22. The maximum atomic E-state index is 12.0. The normalized spacial score (nSPS) is 12.1. The minimum Gasteiger partial charge on any atom is -0.297 e. The van der Waals surface area contributed by atoms with Crippen LogP contribution in [0.2, 0.25) is 0 Å². The van der Waals surface area contributed by atoms with E-state index in [0.717, 1.165) is 0 Å². The van der Waals surface area contributed by atoms with E-state index in [2.05, 4.69) is 9.71 Å². The third kappa shape index (κ3) is 2.77. The Morgan fingerprint density at radius 1 is 1.50 bits per heavy atom. The molecular weight excluding hydrogens is 274 g/mol. The zero-order chi connectivity index (χ0) is 13.2. The van der Waals surface area contributed by atoms with Crippen LogP contribution in [0.25, 0.3) is 10.2 Å². The molecule has 0 radical (unpaired) electrons. The molecule has 0 fully saturated rings. The summed E-state index contributed by atoms with van der Waals surface area (Å²) in [4.78, 5) is 16.8. The third-order valence-electron chi connectivity index (χ3n) is 2.51. The quantitative estimate of drug-likeness (QED) is 0.863. The number of hydrogen-bond acceptors (Lipinski definition) is 5. The first-order valence-electron chi connectivity index (χ1n) is 5.43. The van der Waals surface area contributed by atoms with E-state index >= 15 is 0 Å². The summed E-state index contributed by atoms with van der Waals surface area (Å²) in [7, 11) is -3.22. The second-order valence-corrected chi connectivity index (χ2v) is 6.67. The smallest absolute Gasteiger partial charge is 0.262 e. The van der Waals surface area contributed by atoms with Crippen LogP contribution in [0.3, 0.4) is 0 Å². The van der Waals surface area contributed by atoms with Crippen LogP contribution in [-0.4, -0.2) is 30.3 Å². The fourth-order valence-corrected chi connectivity index (χ4v) is 2.81. The molecule has 0 aromatic carbocycles. The van der Waals surface area contributed by atoms with E-state index < -0.39 is 10.0 Å². The highest BCUT2D eigenvalue weighted by Gasteiger charge is 2.07. The van der Waals surface area contributed by atoms with Crippen molar-refractivity contribution in [1.82, 2.24) is 14.3 Å². The second-order valence-electron chi connectivity index (χ2n) is 3.68.